The number of nitrogens with one attached hydrogen (secondary N) is 2. The van der Waals surface area contributed by atoms with Gasteiger partial charge in [0.05, 0.1) is 18.7 Å². The average molecular weight is 304 g/mol. The molecule has 1 unspecified atom stereocenters. The van der Waals surface area contributed by atoms with E-state index in [-0.39, 0.29) is 12.0 Å². The molecule has 1 aromatic carbocycles. The predicted molar refractivity (Wildman–Crippen MR) is 86.7 cm³/mol. The number of ether oxygens (including phenoxy) is 1. The Hall–Kier alpha value is -1.88. The number of methoxy groups -OCH3 is 1. The van der Waals surface area contributed by atoms with Crippen molar-refractivity contribution in [2.75, 3.05) is 7.11 Å². The molecular weight excluding hydrogens is 284 g/mol. The highest BCUT2D eigenvalue weighted by Gasteiger charge is 2.31. The van der Waals surface area contributed by atoms with Gasteiger partial charge in [0, 0.05) is 5.70 Å². The van der Waals surface area contributed by atoms with E-state index >= 15 is 0 Å². The molecule has 21 heavy (non-hydrogen) atoms. The fourth-order valence-corrected chi connectivity index (χ4v) is 2.76. The zero-order valence-corrected chi connectivity index (χ0v) is 13.3. The highest BCUT2D eigenvalue weighted by atomic mass is 32.1. The molecule has 112 valence electrons. The number of allylic oxidation sites excluding steroid dienone is 1. The average Bonchev–Trinajstić information content (AvgIpc) is 2.46. The van der Waals surface area contributed by atoms with Crippen LogP contribution in [0.2, 0.25) is 0 Å². The van der Waals surface area contributed by atoms with Crippen LogP contribution in [-0.2, 0) is 9.53 Å². The second-order valence-corrected chi connectivity index (χ2v) is 5.49. The lowest BCUT2D eigenvalue weighted by Crippen LogP contribution is -2.45. The van der Waals surface area contributed by atoms with Gasteiger partial charge in [0.2, 0.25) is 0 Å². The Kier molecular flexibility index (Phi) is 4.96. The summed E-state index contributed by atoms with van der Waals surface area (Å²) in [7, 11) is 1.40. The summed E-state index contributed by atoms with van der Waals surface area (Å²) in [6.07, 6.45) is 1.68. The Morgan fingerprint density at radius 2 is 2.19 bits per heavy atom. The smallest absolute Gasteiger partial charge is 0.337 e. The zero-order chi connectivity index (χ0) is 15.4. The van der Waals surface area contributed by atoms with Crippen LogP contribution in [0.15, 0.2) is 35.5 Å². The van der Waals surface area contributed by atoms with Gasteiger partial charge in [-0.1, -0.05) is 43.2 Å². The highest BCUT2D eigenvalue weighted by Crippen LogP contribution is 2.29. The van der Waals surface area contributed by atoms with Crippen molar-refractivity contribution in [2.45, 2.75) is 32.7 Å². The Morgan fingerprint density at radius 3 is 2.81 bits per heavy atom. The van der Waals surface area contributed by atoms with Gasteiger partial charge in [-0.3, -0.25) is 0 Å². The molecule has 1 aliphatic heterocycles. The summed E-state index contributed by atoms with van der Waals surface area (Å²) in [4.78, 5) is 12.2. The Balaban J connectivity index is 2.52. The molecule has 1 atom stereocenters. The van der Waals surface area contributed by atoms with Crippen molar-refractivity contribution in [3.8, 4) is 0 Å². The molecule has 2 N–H and O–H groups in total. The van der Waals surface area contributed by atoms with Crippen molar-refractivity contribution in [1.82, 2.24) is 10.6 Å². The van der Waals surface area contributed by atoms with Crippen molar-refractivity contribution in [1.29, 1.82) is 0 Å². The van der Waals surface area contributed by atoms with Gasteiger partial charge < -0.3 is 15.4 Å². The van der Waals surface area contributed by atoms with E-state index in [1.165, 1.54) is 7.11 Å². The summed E-state index contributed by atoms with van der Waals surface area (Å²) in [5, 5.41) is 6.81. The fourth-order valence-electron chi connectivity index (χ4n) is 2.52. The lowest BCUT2D eigenvalue weighted by molar-refractivity contribution is -0.136. The SMILES string of the molecule is CCCC1=C(C(=O)OC)C(c2cccc(C)c2)NC(=S)N1. The summed E-state index contributed by atoms with van der Waals surface area (Å²) in [6, 6.07) is 7.78. The minimum atomic E-state index is -0.326. The molecule has 0 aliphatic carbocycles. The first-order valence-electron chi connectivity index (χ1n) is 7.02. The van der Waals surface area contributed by atoms with Gasteiger partial charge in [-0.25, -0.2) is 4.79 Å². The quantitative estimate of drug-likeness (QED) is 0.662. The molecule has 5 heteroatoms. The van der Waals surface area contributed by atoms with Gasteiger partial charge >= 0.3 is 5.97 Å². The van der Waals surface area contributed by atoms with Gasteiger partial charge in [0.1, 0.15) is 0 Å². The molecule has 0 amide bonds. The number of esters is 1. The minimum absolute atomic E-state index is 0.271. The van der Waals surface area contributed by atoms with Crippen LogP contribution in [0.25, 0.3) is 0 Å². The molecular formula is C16H20N2O2S. The molecule has 0 aromatic heterocycles. The molecule has 1 aliphatic rings. The summed E-state index contributed by atoms with van der Waals surface area (Å²) < 4.78 is 4.96. The molecule has 4 nitrogen and oxygen atoms in total. The first-order chi connectivity index (χ1) is 10.1. The van der Waals surface area contributed by atoms with Crippen LogP contribution in [0.1, 0.15) is 36.9 Å². The zero-order valence-electron chi connectivity index (χ0n) is 12.5. The standard InChI is InChI=1S/C16H20N2O2S/c1-4-6-12-13(15(19)20-3)14(18-16(21)17-12)11-8-5-7-10(2)9-11/h5,7-9,14H,4,6H2,1-3H3,(H2,17,18,21). The normalized spacial score (nSPS) is 18.0. The number of rotatable bonds is 4. The Morgan fingerprint density at radius 1 is 1.43 bits per heavy atom. The van der Waals surface area contributed by atoms with Crippen LogP contribution < -0.4 is 10.6 Å². The van der Waals surface area contributed by atoms with Crippen molar-refractivity contribution in [3.63, 3.8) is 0 Å². The summed E-state index contributed by atoms with van der Waals surface area (Å²) >= 11 is 5.27. The van der Waals surface area contributed by atoms with Crippen LogP contribution in [0.3, 0.4) is 0 Å². The van der Waals surface area contributed by atoms with Crippen molar-refractivity contribution >= 4 is 23.3 Å². The largest absolute Gasteiger partial charge is 0.466 e. The summed E-state index contributed by atoms with van der Waals surface area (Å²) in [6.45, 7) is 4.09. The van der Waals surface area contributed by atoms with Crippen LogP contribution in [-0.4, -0.2) is 18.2 Å². The lowest BCUT2D eigenvalue weighted by atomic mass is 9.93. The van der Waals surface area contributed by atoms with Gasteiger partial charge in [-0.15, -0.1) is 0 Å². The van der Waals surface area contributed by atoms with E-state index in [0.717, 1.165) is 29.7 Å². The number of hydrogen-bond donors (Lipinski definition) is 2. The van der Waals surface area contributed by atoms with E-state index in [9.17, 15) is 4.79 Å². The molecule has 1 aromatic rings. The summed E-state index contributed by atoms with van der Waals surface area (Å²) in [5.74, 6) is -0.326. The van der Waals surface area contributed by atoms with E-state index in [4.69, 9.17) is 17.0 Å². The maximum Gasteiger partial charge on any atom is 0.337 e. The molecule has 0 saturated heterocycles. The number of benzene rings is 1. The molecule has 0 bridgehead atoms. The van der Waals surface area contributed by atoms with Gasteiger partial charge in [0.25, 0.3) is 0 Å². The molecule has 2 rings (SSSR count). The Labute approximate surface area is 130 Å². The third kappa shape index (κ3) is 3.42. The topological polar surface area (TPSA) is 50.4 Å². The van der Waals surface area contributed by atoms with Gasteiger partial charge in [0.15, 0.2) is 5.11 Å². The maximum absolute atomic E-state index is 12.2. The predicted octanol–water partition coefficient (Wildman–Crippen LogP) is 2.74. The van der Waals surface area contributed by atoms with Crippen molar-refractivity contribution in [3.05, 3.63) is 46.7 Å². The second-order valence-electron chi connectivity index (χ2n) is 5.08. The van der Waals surface area contributed by atoms with E-state index < -0.39 is 0 Å². The number of carbonyl (C=O) groups excluding carboxylic acids is 1. The number of hydrogen-bond acceptors (Lipinski definition) is 3. The van der Waals surface area contributed by atoms with Crippen LogP contribution >= 0.6 is 12.2 Å². The third-order valence-corrected chi connectivity index (χ3v) is 3.65. The molecule has 1 heterocycles. The first-order valence-corrected chi connectivity index (χ1v) is 7.43. The number of carbonyl (C=O) groups is 1. The monoisotopic (exact) mass is 304 g/mol. The molecule has 0 radical (unpaired) electrons. The minimum Gasteiger partial charge on any atom is -0.466 e. The van der Waals surface area contributed by atoms with Crippen LogP contribution in [0.5, 0.6) is 0 Å². The third-order valence-electron chi connectivity index (χ3n) is 3.43. The number of thiocarbonyl (C=S) groups is 1. The molecule has 0 spiro atoms. The second kappa shape index (κ2) is 6.72. The maximum atomic E-state index is 12.2. The van der Waals surface area contributed by atoms with Crippen molar-refractivity contribution in [2.24, 2.45) is 0 Å². The van der Waals surface area contributed by atoms with E-state index in [1.807, 2.05) is 25.1 Å². The van der Waals surface area contributed by atoms with Gasteiger partial charge in [-0.2, -0.15) is 0 Å². The van der Waals surface area contributed by atoms with E-state index in [1.54, 1.807) is 0 Å². The fraction of sp³-hybridized carbons (Fsp3) is 0.375. The van der Waals surface area contributed by atoms with Crippen LogP contribution in [0.4, 0.5) is 0 Å². The number of aryl methyl sites for hydroxylation is 1. The first kappa shape index (κ1) is 15.5. The summed E-state index contributed by atoms with van der Waals surface area (Å²) in [5.41, 5.74) is 3.60. The highest BCUT2D eigenvalue weighted by molar-refractivity contribution is 7.80. The Bertz CT molecular complexity index is 596. The molecule has 0 saturated carbocycles. The van der Waals surface area contributed by atoms with E-state index in [0.29, 0.717) is 10.7 Å². The van der Waals surface area contributed by atoms with Crippen molar-refractivity contribution < 1.29 is 9.53 Å². The van der Waals surface area contributed by atoms with Gasteiger partial charge in [-0.05, 0) is 31.1 Å². The van der Waals surface area contributed by atoms with E-state index in [2.05, 4.69) is 23.6 Å². The lowest BCUT2D eigenvalue weighted by Gasteiger charge is -2.31. The molecule has 0 fully saturated rings. The van der Waals surface area contributed by atoms with Crippen LogP contribution in [0, 0.1) is 6.92 Å².